The highest BCUT2D eigenvalue weighted by Crippen LogP contribution is 2.10. The number of hydrogen-bond acceptors (Lipinski definition) is 5. The van der Waals surface area contributed by atoms with Crippen LogP contribution in [-0.4, -0.2) is 39.9 Å². The molecule has 7 heteroatoms. The number of hydrogen-bond donors (Lipinski definition) is 1. The van der Waals surface area contributed by atoms with E-state index in [0.29, 0.717) is 37.6 Å². The van der Waals surface area contributed by atoms with E-state index in [0.717, 1.165) is 18.5 Å². The van der Waals surface area contributed by atoms with Gasteiger partial charge < -0.3 is 14.7 Å². The van der Waals surface area contributed by atoms with Crippen LogP contribution < -0.4 is 5.32 Å². The molecule has 126 valence electrons. The number of likely N-dealkylation sites (tertiary alicyclic amines) is 1. The van der Waals surface area contributed by atoms with Gasteiger partial charge in [0.15, 0.2) is 5.82 Å². The van der Waals surface area contributed by atoms with Gasteiger partial charge in [-0.2, -0.15) is 4.98 Å². The second kappa shape index (κ2) is 7.72. The van der Waals surface area contributed by atoms with Crippen LogP contribution in [0.3, 0.4) is 0 Å². The van der Waals surface area contributed by atoms with E-state index in [2.05, 4.69) is 15.5 Å². The van der Waals surface area contributed by atoms with E-state index in [9.17, 15) is 9.59 Å². The second-order valence-electron chi connectivity index (χ2n) is 5.78. The van der Waals surface area contributed by atoms with Crippen LogP contribution >= 0.6 is 0 Å². The minimum Gasteiger partial charge on any atom is -0.352 e. The molecule has 0 saturated carbocycles. The van der Waals surface area contributed by atoms with Crippen LogP contribution in [0.2, 0.25) is 0 Å². The molecule has 0 bridgehead atoms. The first kappa shape index (κ1) is 16.2. The molecular formula is C17H20N4O3. The van der Waals surface area contributed by atoms with Crippen molar-refractivity contribution in [2.45, 2.75) is 32.2 Å². The molecule has 1 aromatic heterocycles. The summed E-state index contributed by atoms with van der Waals surface area (Å²) in [6.45, 7) is 1.85. The van der Waals surface area contributed by atoms with Crippen molar-refractivity contribution in [1.82, 2.24) is 20.4 Å². The minimum atomic E-state index is -0.152. The molecule has 0 radical (unpaired) electrons. The van der Waals surface area contributed by atoms with Gasteiger partial charge in [0, 0.05) is 32.5 Å². The summed E-state index contributed by atoms with van der Waals surface area (Å²) < 4.78 is 5.14. The molecule has 7 nitrogen and oxygen atoms in total. The number of aromatic nitrogens is 2. The fraction of sp³-hybridized carbons (Fsp3) is 0.412. The highest BCUT2D eigenvalue weighted by atomic mass is 16.5. The summed E-state index contributed by atoms with van der Waals surface area (Å²) in [6, 6.07) is 9.69. The van der Waals surface area contributed by atoms with E-state index in [4.69, 9.17) is 4.52 Å². The summed E-state index contributed by atoms with van der Waals surface area (Å²) in [7, 11) is 0. The molecule has 0 unspecified atom stereocenters. The maximum atomic E-state index is 11.9. The van der Waals surface area contributed by atoms with Crippen molar-refractivity contribution in [2.75, 3.05) is 13.1 Å². The van der Waals surface area contributed by atoms with Crippen LogP contribution in [0.5, 0.6) is 0 Å². The van der Waals surface area contributed by atoms with E-state index in [1.165, 1.54) is 0 Å². The molecule has 2 amide bonds. The van der Waals surface area contributed by atoms with Gasteiger partial charge in [-0.05, 0) is 12.0 Å². The standard InChI is InChI=1S/C17H20N4O3/c22-15(18-12-13-5-2-1-3-6-13)11-14-19-16(24-20-14)8-10-21-9-4-7-17(21)23/h1-3,5-6H,4,7-12H2,(H,18,22). The predicted molar refractivity (Wildman–Crippen MR) is 85.8 cm³/mol. The van der Waals surface area contributed by atoms with Gasteiger partial charge in [-0.3, -0.25) is 9.59 Å². The summed E-state index contributed by atoms with van der Waals surface area (Å²) in [5.41, 5.74) is 1.04. The summed E-state index contributed by atoms with van der Waals surface area (Å²) >= 11 is 0. The molecule has 3 rings (SSSR count). The zero-order valence-electron chi connectivity index (χ0n) is 13.4. The number of amides is 2. The fourth-order valence-electron chi connectivity index (χ4n) is 2.64. The molecule has 1 saturated heterocycles. The van der Waals surface area contributed by atoms with Crippen LogP contribution in [0.25, 0.3) is 0 Å². The summed E-state index contributed by atoms with van der Waals surface area (Å²) in [4.78, 5) is 29.5. The fourth-order valence-corrected chi connectivity index (χ4v) is 2.64. The van der Waals surface area contributed by atoms with Gasteiger partial charge >= 0.3 is 0 Å². The molecule has 0 spiro atoms. The maximum Gasteiger partial charge on any atom is 0.228 e. The third-order valence-corrected chi connectivity index (χ3v) is 3.93. The van der Waals surface area contributed by atoms with Crippen LogP contribution in [0, 0.1) is 0 Å². The van der Waals surface area contributed by atoms with Gasteiger partial charge in [0.1, 0.15) is 0 Å². The summed E-state index contributed by atoms with van der Waals surface area (Å²) in [6.07, 6.45) is 2.13. The lowest BCUT2D eigenvalue weighted by Crippen LogP contribution is -2.27. The first-order valence-corrected chi connectivity index (χ1v) is 8.10. The van der Waals surface area contributed by atoms with Crippen molar-refractivity contribution in [3.8, 4) is 0 Å². The Kier molecular flexibility index (Phi) is 5.20. The van der Waals surface area contributed by atoms with E-state index < -0.39 is 0 Å². The van der Waals surface area contributed by atoms with Crippen molar-refractivity contribution in [3.05, 3.63) is 47.6 Å². The van der Waals surface area contributed by atoms with Crippen LogP contribution in [0.4, 0.5) is 0 Å². The average molecular weight is 328 g/mol. The normalized spacial score (nSPS) is 14.2. The Morgan fingerprint density at radius 2 is 2.12 bits per heavy atom. The molecule has 1 aliphatic rings. The van der Waals surface area contributed by atoms with Crippen molar-refractivity contribution >= 4 is 11.8 Å². The van der Waals surface area contributed by atoms with Crippen LogP contribution in [-0.2, 0) is 29.0 Å². The van der Waals surface area contributed by atoms with E-state index in [-0.39, 0.29) is 18.2 Å². The Bertz CT molecular complexity index is 699. The van der Waals surface area contributed by atoms with Crippen molar-refractivity contribution < 1.29 is 14.1 Å². The number of rotatable bonds is 7. The molecule has 0 atom stereocenters. The molecular weight excluding hydrogens is 308 g/mol. The molecule has 1 N–H and O–H groups in total. The summed E-state index contributed by atoms with van der Waals surface area (Å²) in [5.74, 6) is 0.847. The number of benzene rings is 1. The van der Waals surface area contributed by atoms with Gasteiger partial charge in [0.05, 0.1) is 6.42 Å². The SMILES string of the molecule is O=C(Cc1noc(CCN2CCCC2=O)n1)NCc1ccccc1. The van der Waals surface area contributed by atoms with Crippen LogP contribution in [0.1, 0.15) is 30.1 Å². The third kappa shape index (κ3) is 4.41. The molecule has 2 aromatic rings. The van der Waals surface area contributed by atoms with Gasteiger partial charge in [0.2, 0.25) is 17.7 Å². The Balaban J connectivity index is 1.43. The van der Waals surface area contributed by atoms with Crippen molar-refractivity contribution in [2.24, 2.45) is 0 Å². The zero-order valence-corrected chi connectivity index (χ0v) is 13.4. The molecule has 1 aromatic carbocycles. The lowest BCUT2D eigenvalue weighted by Gasteiger charge is -2.13. The molecule has 1 fully saturated rings. The zero-order chi connectivity index (χ0) is 16.8. The average Bonchev–Trinajstić information content (AvgIpc) is 3.21. The van der Waals surface area contributed by atoms with Gasteiger partial charge in [0.25, 0.3) is 0 Å². The van der Waals surface area contributed by atoms with E-state index in [1.807, 2.05) is 30.3 Å². The topological polar surface area (TPSA) is 88.3 Å². The van der Waals surface area contributed by atoms with E-state index >= 15 is 0 Å². The number of nitrogens with zero attached hydrogens (tertiary/aromatic N) is 3. The summed E-state index contributed by atoms with van der Waals surface area (Å²) in [5, 5.41) is 6.65. The number of nitrogens with one attached hydrogen (secondary N) is 1. The lowest BCUT2D eigenvalue weighted by atomic mass is 10.2. The highest BCUT2D eigenvalue weighted by Gasteiger charge is 2.20. The van der Waals surface area contributed by atoms with Gasteiger partial charge in [-0.25, -0.2) is 0 Å². The van der Waals surface area contributed by atoms with Gasteiger partial charge in [-0.15, -0.1) is 0 Å². The van der Waals surface area contributed by atoms with Crippen molar-refractivity contribution in [1.29, 1.82) is 0 Å². The monoisotopic (exact) mass is 328 g/mol. The maximum absolute atomic E-state index is 11.9. The van der Waals surface area contributed by atoms with Gasteiger partial charge in [-0.1, -0.05) is 35.5 Å². The predicted octanol–water partition coefficient (Wildman–Crippen LogP) is 1.09. The largest absolute Gasteiger partial charge is 0.352 e. The number of carbonyl (C=O) groups excluding carboxylic acids is 2. The highest BCUT2D eigenvalue weighted by molar-refractivity contribution is 5.78. The smallest absolute Gasteiger partial charge is 0.228 e. The Morgan fingerprint density at radius 3 is 2.88 bits per heavy atom. The quantitative estimate of drug-likeness (QED) is 0.822. The molecule has 24 heavy (non-hydrogen) atoms. The molecule has 2 heterocycles. The molecule has 1 aliphatic heterocycles. The number of carbonyl (C=O) groups is 2. The molecule has 0 aliphatic carbocycles. The first-order chi connectivity index (χ1) is 11.7. The lowest BCUT2D eigenvalue weighted by molar-refractivity contribution is -0.127. The van der Waals surface area contributed by atoms with Crippen LogP contribution in [0.15, 0.2) is 34.9 Å². The second-order valence-corrected chi connectivity index (χ2v) is 5.78. The minimum absolute atomic E-state index is 0.0823. The third-order valence-electron chi connectivity index (χ3n) is 3.93. The van der Waals surface area contributed by atoms with E-state index in [1.54, 1.807) is 4.90 Å². The Labute approximate surface area is 140 Å². The first-order valence-electron chi connectivity index (χ1n) is 8.10. The Morgan fingerprint density at radius 1 is 1.29 bits per heavy atom. The Hall–Kier alpha value is -2.70. The van der Waals surface area contributed by atoms with Crippen molar-refractivity contribution in [3.63, 3.8) is 0 Å².